The van der Waals surface area contributed by atoms with Crippen molar-refractivity contribution in [2.75, 3.05) is 0 Å². The van der Waals surface area contributed by atoms with Crippen molar-refractivity contribution in [3.63, 3.8) is 0 Å². The molecule has 0 aliphatic heterocycles. The molecular weight excluding hydrogens is 362 g/mol. The number of aryl methyl sites for hydroxylation is 3. The Kier molecular flexibility index (Phi) is 5.81. The van der Waals surface area contributed by atoms with Gasteiger partial charge in [0.25, 0.3) is 11.5 Å². The average molecular weight is 383 g/mol. The number of benzene rings is 1. The van der Waals surface area contributed by atoms with Gasteiger partial charge in [-0.1, -0.05) is 17.3 Å². The normalized spacial score (nSPS) is 10.8. The van der Waals surface area contributed by atoms with Crippen LogP contribution in [0.2, 0.25) is 0 Å². The van der Waals surface area contributed by atoms with Gasteiger partial charge in [-0.2, -0.15) is 0 Å². The van der Waals surface area contributed by atoms with E-state index in [1.54, 1.807) is 6.07 Å². The van der Waals surface area contributed by atoms with Crippen LogP contribution in [0.4, 0.5) is 0 Å². The molecule has 7 heteroatoms. The van der Waals surface area contributed by atoms with Crippen molar-refractivity contribution in [2.24, 2.45) is 0 Å². The molecule has 0 fully saturated rings. The summed E-state index contributed by atoms with van der Waals surface area (Å²) >= 11 is 1.51. The maximum absolute atomic E-state index is 12.7. The first kappa shape index (κ1) is 19.0. The molecule has 27 heavy (non-hydrogen) atoms. The predicted molar refractivity (Wildman–Crippen MR) is 105 cm³/mol. The zero-order valence-electron chi connectivity index (χ0n) is 15.5. The Labute approximate surface area is 161 Å². The second-order valence-electron chi connectivity index (χ2n) is 6.35. The van der Waals surface area contributed by atoms with Gasteiger partial charge in [-0.25, -0.2) is 0 Å². The van der Waals surface area contributed by atoms with E-state index in [0.29, 0.717) is 16.9 Å². The molecule has 0 unspecified atom stereocenters. The number of amides is 1. The van der Waals surface area contributed by atoms with Crippen LogP contribution in [0.5, 0.6) is 0 Å². The molecule has 0 spiro atoms. The minimum absolute atomic E-state index is 0.170. The first-order valence-corrected chi connectivity index (χ1v) is 9.54. The van der Waals surface area contributed by atoms with Gasteiger partial charge in [0, 0.05) is 28.8 Å². The monoisotopic (exact) mass is 383 g/mol. The summed E-state index contributed by atoms with van der Waals surface area (Å²) in [5.41, 5.74) is 3.46. The Morgan fingerprint density at radius 1 is 1.22 bits per heavy atom. The molecule has 1 aromatic carbocycles. The third kappa shape index (κ3) is 4.68. The molecule has 0 aliphatic carbocycles. The highest BCUT2D eigenvalue weighted by Gasteiger charge is 2.14. The molecule has 140 valence electrons. The van der Waals surface area contributed by atoms with Crippen LogP contribution in [-0.2, 0) is 12.3 Å². The van der Waals surface area contributed by atoms with Crippen molar-refractivity contribution < 1.29 is 9.32 Å². The van der Waals surface area contributed by atoms with Gasteiger partial charge in [-0.05, 0) is 44.5 Å². The zero-order valence-corrected chi connectivity index (χ0v) is 16.3. The van der Waals surface area contributed by atoms with Crippen LogP contribution in [0.3, 0.4) is 0 Å². The number of nitrogens with zero attached hydrogens (tertiary/aromatic N) is 1. The Hall–Kier alpha value is -2.80. The summed E-state index contributed by atoms with van der Waals surface area (Å²) in [6, 6.07) is 11.2. The van der Waals surface area contributed by atoms with Gasteiger partial charge >= 0.3 is 0 Å². The third-order valence-corrected chi connectivity index (χ3v) is 5.19. The van der Waals surface area contributed by atoms with E-state index in [0.717, 1.165) is 27.6 Å². The number of hydrogen-bond donors (Lipinski definition) is 2. The second kappa shape index (κ2) is 8.26. The van der Waals surface area contributed by atoms with Crippen molar-refractivity contribution in [3.8, 4) is 0 Å². The molecule has 0 aliphatic rings. The van der Waals surface area contributed by atoms with Crippen LogP contribution in [0, 0.1) is 20.8 Å². The van der Waals surface area contributed by atoms with Crippen molar-refractivity contribution in [1.82, 2.24) is 15.5 Å². The maximum Gasteiger partial charge on any atom is 0.253 e. The lowest BCUT2D eigenvalue weighted by Gasteiger charge is -2.11. The average Bonchev–Trinajstić information content (AvgIpc) is 3.04. The molecule has 0 atom stereocenters. The van der Waals surface area contributed by atoms with E-state index in [-0.39, 0.29) is 18.0 Å². The standard InChI is InChI=1S/C20H21N3O3S/c1-12-8-13(2)22-20(25)17(12)10-21-19(24)16-6-4-5-7-18(16)27-11-15-9-14(3)23-26-15/h4-9H,10-11H2,1-3H3,(H,21,24)(H,22,25). The topological polar surface area (TPSA) is 88.0 Å². The number of hydrogen-bond acceptors (Lipinski definition) is 5. The molecular formula is C20H21N3O3S. The molecule has 2 heterocycles. The number of pyridine rings is 1. The molecule has 0 bridgehead atoms. The lowest BCUT2D eigenvalue weighted by molar-refractivity contribution is 0.0948. The number of rotatable bonds is 6. The summed E-state index contributed by atoms with van der Waals surface area (Å²) < 4.78 is 5.22. The largest absolute Gasteiger partial charge is 0.360 e. The number of thioether (sulfide) groups is 1. The smallest absolute Gasteiger partial charge is 0.253 e. The Balaban J connectivity index is 1.71. The van der Waals surface area contributed by atoms with Crippen LogP contribution in [0.15, 0.2) is 50.6 Å². The minimum Gasteiger partial charge on any atom is -0.360 e. The molecule has 0 saturated heterocycles. The van der Waals surface area contributed by atoms with Crippen LogP contribution in [-0.4, -0.2) is 16.0 Å². The Morgan fingerprint density at radius 3 is 2.70 bits per heavy atom. The Bertz CT molecular complexity index is 1020. The lowest BCUT2D eigenvalue weighted by Crippen LogP contribution is -2.28. The fourth-order valence-corrected chi connectivity index (χ4v) is 3.70. The molecule has 0 radical (unpaired) electrons. The van der Waals surface area contributed by atoms with Crippen molar-refractivity contribution in [2.45, 2.75) is 38.0 Å². The highest BCUT2D eigenvalue weighted by Crippen LogP contribution is 2.26. The molecule has 3 rings (SSSR count). The van der Waals surface area contributed by atoms with Crippen molar-refractivity contribution in [1.29, 1.82) is 0 Å². The van der Waals surface area contributed by atoms with Gasteiger partial charge in [0.05, 0.1) is 17.0 Å². The van der Waals surface area contributed by atoms with E-state index in [9.17, 15) is 9.59 Å². The van der Waals surface area contributed by atoms with E-state index >= 15 is 0 Å². The van der Waals surface area contributed by atoms with Crippen LogP contribution >= 0.6 is 11.8 Å². The number of carbonyl (C=O) groups is 1. The number of carbonyl (C=O) groups excluding carboxylic acids is 1. The SMILES string of the molecule is Cc1cc(CSc2ccccc2C(=O)NCc2c(C)cc(C)[nH]c2=O)on1. The van der Waals surface area contributed by atoms with Gasteiger partial charge in [0.1, 0.15) is 5.76 Å². The minimum atomic E-state index is -0.216. The number of H-pyrrole nitrogens is 1. The van der Waals surface area contributed by atoms with Gasteiger partial charge in [-0.15, -0.1) is 11.8 Å². The van der Waals surface area contributed by atoms with Crippen molar-refractivity contribution >= 4 is 17.7 Å². The first-order chi connectivity index (χ1) is 12.9. The van der Waals surface area contributed by atoms with Gasteiger partial charge < -0.3 is 14.8 Å². The summed E-state index contributed by atoms with van der Waals surface area (Å²) in [6.45, 7) is 5.75. The molecule has 1 amide bonds. The van der Waals surface area contributed by atoms with Crippen LogP contribution in [0.1, 0.15) is 38.6 Å². The fraction of sp³-hybridized carbons (Fsp3) is 0.250. The molecule has 2 N–H and O–H groups in total. The summed E-state index contributed by atoms with van der Waals surface area (Å²) in [5, 5.41) is 6.72. The molecule has 2 aromatic heterocycles. The van der Waals surface area contributed by atoms with Crippen LogP contribution < -0.4 is 10.9 Å². The number of aromatic nitrogens is 2. The highest BCUT2D eigenvalue weighted by atomic mass is 32.2. The van der Waals surface area contributed by atoms with Crippen molar-refractivity contribution in [3.05, 3.63) is 80.6 Å². The third-order valence-electron chi connectivity index (χ3n) is 4.10. The van der Waals surface area contributed by atoms with Gasteiger partial charge in [0.2, 0.25) is 0 Å². The number of aromatic amines is 1. The van der Waals surface area contributed by atoms with Crippen LogP contribution in [0.25, 0.3) is 0 Å². The Morgan fingerprint density at radius 2 is 2.00 bits per heavy atom. The van der Waals surface area contributed by atoms with E-state index in [1.807, 2.05) is 51.1 Å². The highest BCUT2D eigenvalue weighted by molar-refractivity contribution is 7.98. The van der Waals surface area contributed by atoms with E-state index in [1.165, 1.54) is 11.8 Å². The summed E-state index contributed by atoms with van der Waals surface area (Å²) in [7, 11) is 0. The molecule has 0 saturated carbocycles. The van der Waals surface area contributed by atoms with Gasteiger partial charge in [-0.3, -0.25) is 9.59 Å². The summed E-state index contributed by atoms with van der Waals surface area (Å²) in [4.78, 5) is 28.4. The number of nitrogens with one attached hydrogen (secondary N) is 2. The molecule has 6 nitrogen and oxygen atoms in total. The summed E-state index contributed by atoms with van der Waals surface area (Å²) in [5.74, 6) is 1.13. The van der Waals surface area contributed by atoms with E-state index in [4.69, 9.17) is 4.52 Å². The zero-order chi connectivity index (χ0) is 19.4. The first-order valence-electron chi connectivity index (χ1n) is 8.55. The second-order valence-corrected chi connectivity index (χ2v) is 7.36. The van der Waals surface area contributed by atoms with Gasteiger partial charge in [0.15, 0.2) is 0 Å². The van der Waals surface area contributed by atoms with E-state index < -0.39 is 0 Å². The van der Waals surface area contributed by atoms with E-state index in [2.05, 4.69) is 15.5 Å². The molecule has 3 aromatic rings. The summed E-state index contributed by atoms with van der Waals surface area (Å²) in [6.07, 6.45) is 0. The fourth-order valence-electron chi connectivity index (χ4n) is 2.78. The maximum atomic E-state index is 12.7. The quantitative estimate of drug-likeness (QED) is 0.636. The predicted octanol–water partition coefficient (Wildman–Crippen LogP) is 3.51. The lowest BCUT2D eigenvalue weighted by atomic mass is 10.1.